The van der Waals surface area contributed by atoms with E-state index in [9.17, 15) is 27.9 Å². The van der Waals surface area contributed by atoms with Crippen LogP contribution < -0.4 is 4.87 Å². The number of ether oxygens (including phenoxy) is 1. The average Bonchev–Trinajstić information content (AvgIpc) is 3.06. The molecule has 1 unspecified atom stereocenters. The third-order valence-electron chi connectivity index (χ3n) is 3.40. The second-order valence-electron chi connectivity index (χ2n) is 5.34. The van der Waals surface area contributed by atoms with Crippen LogP contribution in [0.25, 0.3) is 0 Å². The molecule has 0 fully saturated rings. The number of esters is 1. The van der Waals surface area contributed by atoms with Crippen molar-refractivity contribution in [3.63, 3.8) is 0 Å². The molecule has 0 saturated heterocycles. The Bertz CT molecular complexity index is 812. The maximum Gasteiger partial charge on any atom is 0.424 e. The molecule has 2 heterocycles. The number of rotatable bonds is 6. The molecule has 2 aromatic rings. The Morgan fingerprint density at radius 1 is 1.32 bits per heavy atom. The Kier molecular flexibility index (Phi) is 5.69. The van der Waals surface area contributed by atoms with E-state index in [1.54, 1.807) is 12.3 Å². The molecular weight excluding hydrogens is 381 g/mol. The number of hydrogen-bond donors (Lipinski definition) is 1. The number of aryl methyl sites for hydroxylation is 2. The lowest BCUT2D eigenvalue weighted by molar-refractivity contribution is -0.269. The summed E-state index contributed by atoms with van der Waals surface area (Å²) in [5, 5.41) is 12.4. The monoisotopic (exact) mass is 396 g/mol. The first-order valence-electron chi connectivity index (χ1n) is 7.07. The highest BCUT2D eigenvalue weighted by Crippen LogP contribution is 2.42. The first-order valence-corrected chi connectivity index (χ1v) is 8.83. The molecule has 0 amide bonds. The summed E-state index contributed by atoms with van der Waals surface area (Å²) in [6.45, 7) is 2.92. The van der Waals surface area contributed by atoms with Crippen LogP contribution in [-0.2, 0) is 21.7 Å². The van der Waals surface area contributed by atoms with E-state index < -0.39 is 29.2 Å². The van der Waals surface area contributed by atoms with E-state index in [4.69, 9.17) is 4.74 Å². The number of nitrogens with zero attached hydrogens (tertiary/aromatic N) is 2. The lowest BCUT2D eigenvalue weighted by Gasteiger charge is -2.27. The summed E-state index contributed by atoms with van der Waals surface area (Å²) in [7, 11) is 0. The number of aliphatic hydroxyl groups is 1. The van der Waals surface area contributed by atoms with Gasteiger partial charge in [0.25, 0.3) is 0 Å². The van der Waals surface area contributed by atoms with E-state index >= 15 is 0 Å². The SMILES string of the molecule is Cc1csc(C(O)(CC(=O)OCCn2c(C)csc2=O)C(F)(F)F)n1. The third-order valence-corrected chi connectivity index (χ3v) is 5.39. The van der Waals surface area contributed by atoms with E-state index in [2.05, 4.69) is 4.98 Å². The minimum atomic E-state index is -5.09. The lowest BCUT2D eigenvalue weighted by Crippen LogP contribution is -2.44. The summed E-state index contributed by atoms with van der Waals surface area (Å²) in [6, 6.07) is 0. The Labute approximate surface area is 148 Å². The van der Waals surface area contributed by atoms with Crippen LogP contribution >= 0.6 is 22.7 Å². The van der Waals surface area contributed by atoms with E-state index in [0.29, 0.717) is 22.7 Å². The number of carbonyl (C=O) groups is 1. The van der Waals surface area contributed by atoms with Gasteiger partial charge in [0.1, 0.15) is 11.6 Å². The van der Waals surface area contributed by atoms with Gasteiger partial charge >= 0.3 is 17.0 Å². The van der Waals surface area contributed by atoms with Crippen molar-refractivity contribution in [3.05, 3.63) is 36.8 Å². The minimum Gasteiger partial charge on any atom is -0.464 e. The summed E-state index contributed by atoms with van der Waals surface area (Å²) in [6.07, 6.45) is -6.39. The summed E-state index contributed by atoms with van der Waals surface area (Å²) in [5.74, 6) is -1.23. The van der Waals surface area contributed by atoms with Crippen molar-refractivity contribution < 1.29 is 27.8 Å². The molecule has 1 atom stereocenters. The van der Waals surface area contributed by atoms with Crippen molar-refractivity contribution in [2.45, 2.75) is 38.6 Å². The van der Waals surface area contributed by atoms with Crippen molar-refractivity contribution in [1.82, 2.24) is 9.55 Å². The number of hydrogen-bond acceptors (Lipinski definition) is 7. The molecule has 11 heteroatoms. The molecule has 0 saturated carbocycles. The van der Waals surface area contributed by atoms with Crippen molar-refractivity contribution in [2.75, 3.05) is 6.61 Å². The Morgan fingerprint density at radius 2 is 2.00 bits per heavy atom. The zero-order chi connectivity index (χ0) is 18.8. The normalized spacial score (nSPS) is 14.3. The summed E-state index contributed by atoms with van der Waals surface area (Å²) < 4.78 is 45.9. The standard InChI is InChI=1S/C14H15F3N2O4S2/c1-8-6-24-11(18-8)13(22,14(15,16)17)5-10(20)23-4-3-19-9(2)7-25-12(19)21/h6-7,22H,3-5H2,1-2H3. The lowest BCUT2D eigenvalue weighted by atomic mass is 10.00. The number of halogens is 3. The molecule has 2 aromatic heterocycles. The fourth-order valence-corrected chi connectivity index (χ4v) is 3.70. The second kappa shape index (κ2) is 7.26. The summed E-state index contributed by atoms with van der Waals surface area (Å²) in [5.41, 5.74) is -2.43. The Morgan fingerprint density at radius 3 is 2.48 bits per heavy atom. The first kappa shape index (κ1) is 19.6. The van der Waals surface area contributed by atoms with Crippen LogP contribution in [0.3, 0.4) is 0 Å². The first-order chi connectivity index (χ1) is 11.5. The molecule has 0 spiro atoms. The van der Waals surface area contributed by atoms with Crippen LogP contribution in [-0.4, -0.2) is 33.4 Å². The molecule has 0 radical (unpaired) electrons. The molecule has 0 aliphatic rings. The Balaban J connectivity index is 2.04. The van der Waals surface area contributed by atoms with Gasteiger partial charge < -0.3 is 9.84 Å². The summed E-state index contributed by atoms with van der Waals surface area (Å²) in [4.78, 5) is 26.7. The van der Waals surface area contributed by atoms with Crippen LogP contribution in [0.1, 0.15) is 22.8 Å². The topological polar surface area (TPSA) is 81.4 Å². The molecule has 6 nitrogen and oxygen atoms in total. The number of carbonyl (C=O) groups excluding carboxylic acids is 1. The highest BCUT2D eigenvalue weighted by molar-refractivity contribution is 7.09. The van der Waals surface area contributed by atoms with Gasteiger partial charge in [-0.05, 0) is 13.8 Å². The van der Waals surface area contributed by atoms with E-state index in [1.807, 2.05) is 0 Å². The zero-order valence-corrected chi connectivity index (χ0v) is 14.9. The van der Waals surface area contributed by atoms with E-state index in [1.165, 1.54) is 16.9 Å². The van der Waals surface area contributed by atoms with E-state index in [-0.39, 0.29) is 18.0 Å². The van der Waals surface area contributed by atoms with E-state index in [0.717, 1.165) is 11.3 Å². The third kappa shape index (κ3) is 4.28. The maximum atomic E-state index is 13.3. The molecule has 0 aliphatic heterocycles. The molecule has 0 aliphatic carbocycles. The van der Waals surface area contributed by atoms with Crippen molar-refractivity contribution >= 4 is 28.6 Å². The van der Waals surface area contributed by atoms with Gasteiger partial charge in [0.2, 0.25) is 5.60 Å². The van der Waals surface area contributed by atoms with Gasteiger partial charge in [-0.3, -0.25) is 14.2 Å². The number of aromatic nitrogens is 2. The number of thiazole rings is 2. The molecule has 0 bridgehead atoms. The van der Waals surface area contributed by atoms with Gasteiger partial charge in [-0.2, -0.15) is 13.2 Å². The molecule has 138 valence electrons. The van der Waals surface area contributed by atoms with Crippen LogP contribution in [0.2, 0.25) is 0 Å². The minimum absolute atomic E-state index is 0.0285. The van der Waals surface area contributed by atoms with Gasteiger partial charge in [0, 0.05) is 22.1 Å². The van der Waals surface area contributed by atoms with Gasteiger partial charge in [0.05, 0.1) is 13.0 Å². The highest BCUT2D eigenvalue weighted by Gasteiger charge is 2.58. The van der Waals surface area contributed by atoms with Crippen molar-refractivity contribution in [3.8, 4) is 0 Å². The molecule has 1 N–H and O–H groups in total. The van der Waals surface area contributed by atoms with Crippen molar-refractivity contribution in [2.24, 2.45) is 0 Å². The fraction of sp³-hybridized carbons (Fsp3) is 0.500. The molecule has 0 aromatic carbocycles. The quantitative estimate of drug-likeness (QED) is 0.759. The molecule has 25 heavy (non-hydrogen) atoms. The highest BCUT2D eigenvalue weighted by atomic mass is 32.1. The van der Waals surface area contributed by atoms with Gasteiger partial charge in [-0.25, -0.2) is 4.98 Å². The number of alkyl halides is 3. The van der Waals surface area contributed by atoms with Crippen LogP contribution in [0.5, 0.6) is 0 Å². The summed E-state index contributed by atoms with van der Waals surface area (Å²) >= 11 is 1.59. The largest absolute Gasteiger partial charge is 0.464 e. The zero-order valence-electron chi connectivity index (χ0n) is 13.3. The van der Waals surface area contributed by atoms with Gasteiger partial charge in [0.15, 0.2) is 0 Å². The predicted octanol–water partition coefficient (Wildman–Crippen LogP) is 2.37. The predicted molar refractivity (Wildman–Crippen MR) is 85.7 cm³/mol. The molecular formula is C14H15F3N2O4S2. The fourth-order valence-electron chi connectivity index (χ4n) is 2.03. The Hall–Kier alpha value is -1.72. The smallest absolute Gasteiger partial charge is 0.424 e. The van der Waals surface area contributed by atoms with Crippen LogP contribution in [0.15, 0.2) is 15.6 Å². The molecule has 2 rings (SSSR count). The maximum absolute atomic E-state index is 13.3. The average molecular weight is 396 g/mol. The second-order valence-corrected chi connectivity index (χ2v) is 7.02. The van der Waals surface area contributed by atoms with Crippen LogP contribution in [0, 0.1) is 13.8 Å². The van der Waals surface area contributed by atoms with Gasteiger partial charge in [-0.15, -0.1) is 11.3 Å². The van der Waals surface area contributed by atoms with Gasteiger partial charge in [-0.1, -0.05) is 11.3 Å². The van der Waals surface area contributed by atoms with Crippen LogP contribution in [0.4, 0.5) is 13.2 Å². The van der Waals surface area contributed by atoms with Crippen molar-refractivity contribution in [1.29, 1.82) is 0 Å².